The maximum absolute atomic E-state index is 3.67. The highest BCUT2D eigenvalue weighted by molar-refractivity contribution is 5.19. The molecule has 0 aromatic rings. The van der Waals surface area contributed by atoms with Crippen LogP contribution >= 0.6 is 0 Å². The summed E-state index contributed by atoms with van der Waals surface area (Å²) in [6, 6.07) is 0. The number of hydrogen-bond donors (Lipinski definition) is 0. The summed E-state index contributed by atoms with van der Waals surface area (Å²) in [4.78, 5) is 0. The lowest BCUT2D eigenvalue weighted by Gasteiger charge is -1.88. The van der Waals surface area contributed by atoms with E-state index in [0.717, 1.165) is 28.7 Å². The molecule has 0 aromatic heterocycles. The maximum atomic E-state index is 3.67. The van der Waals surface area contributed by atoms with E-state index in [4.69, 9.17) is 0 Å². The van der Waals surface area contributed by atoms with Crippen LogP contribution in [0, 0.1) is 0 Å². The quantitative estimate of drug-likeness (QED) is 0.455. The van der Waals surface area contributed by atoms with Gasteiger partial charge in [-0.15, -0.1) is 0 Å². The highest BCUT2D eigenvalue weighted by Crippen LogP contribution is 1.98. The van der Waals surface area contributed by atoms with Crippen molar-refractivity contribution in [1.82, 2.24) is 0 Å². The molecular weight excluding hydrogens is 264 g/mol. The molecule has 0 saturated carbocycles. The molecule has 0 saturated heterocycles. The van der Waals surface area contributed by atoms with Crippen molar-refractivity contribution in [3.8, 4) is 0 Å². The molecule has 0 fully saturated rings. The Bertz CT molecular complexity index is 372. The molecule has 0 aliphatic heterocycles. The van der Waals surface area contributed by atoms with Crippen molar-refractivity contribution in [3.63, 3.8) is 0 Å². The molecule has 0 aliphatic carbocycles. The number of rotatable bonds is 5. The van der Waals surface area contributed by atoms with E-state index >= 15 is 0 Å². The monoisotopic (exact) mass is 300 g/mol. The van der Waals surface area contributed by atoms with Gasteiger partial charge in [0.05, 0.1) is 0 Å². The molecule has 0 heteroatoms. The second kappa shape index (κ2) is 24.0. The van der Waals surface area contributed by atoms with Crippen molar-refractivity contribution in [2.24, 2.45) is 0 Å². The first-order valence-corrected chi connectivity index (χ1v) is 7.27. The fourth-order valence-corrected chi connectivity index (χ4v) is 0.280. The molecule has 0 N–H and O–H groups in total. The highest BCUT2D eigenvalue weighted by Gasteiger charge is 1.77. The fourth-order valence-electron chi connectivity index (χ4n) is 0.280. The Balaban J connectivity index is -0.0000000986. The first-order chi connectivity index (χ1) is 10.1. The Kier molecular flexibility index (Phi) is 30.7. The van der Waals surface area contributed by atoms with Crippen LogP contribution in [-0.2, 0) is 0 Å². The Morgan fingerprint density at radius 3 is 1.18 bits per heavy atom. The standard InChI is InChI=1S/2C6H10.2C5H8/c1-5(2)6(3)4;1-4-6(3)5-2;1-4-5(2)3;1-3-5-4-2/h1,3H2,2,4H3;4H,1,3,5H2,2H3;4H,1-2H2,3H3;3-5H,1H2,2H3. The second-order valence-corrected chi connectivity index (χ2v) is 4.59. The van der Waals surface area contributed by atoms with Gasteiger partial charge in [0.1, 0.15) is 0 Å². The van der Waals surface area contributed by atoms with E-state index < -0.39 is 0 Å². The molecule has 0 aliphatic rings. The van der Waals surface area contributed by atoms with Crippen LogP contribution in [0.15, 0.2) is 98.7 Å². The minimum Gasteiger partial charge on any atom is -0.0991 e. The minimum atomic E-state index is 1.02. The first-order valence-electron chi connectivity index (χ1n) is 7.27. The largest absolute Gasteiger partial charge is 0.0991 e. The van der Waals surface area contributed by atoms with Crippen LogP contribution in [0.3, 0.4) is 0 Å². The van der Waals surface area contributed by atoms with E-state index in [0.29, 0.717) is 0 Å². The summed E-state index contributed by atoms with van der Waals surface area (Å²) < 4.78 is 0. The normalized spacial score (nSPS) is 7.68. The van der Waals surface area contributed by atoms with Gasteiger partial charge in [-0.3, -0.25) is 0 Å². The summed E-state index contributed by atoms with van der Waals surface area (Å²) in [5.74, 6) is 0. The van der Waals surface area contributed by atoms with Gasteiger partial charge in [0.2, 0.25) is 0 Å². The molecule has 22 heavy (non-hydrogen) atoms. The summed E-state index contributed by atoms with van der Waals surface area (Å²) >= 11 is 0. The predicted octanol–water partition coefficient (Wildman–Crippen LogP) is 7.77. The smallest absolute Gasteiger partial charge is 0.0314 e. The van der Waals surface area contributed by atoms with Crippen LogP contribution in [0.5, 0.6) is 0 Å². The molecule has 0 atom stereocenters. The van der Waals surface area contributed by atoms with Crippen molar-refractivity contribution in [3.05, 3.63) is 98.7 Å². The van der Waals surface area contributed by atoms with Crippen molar-refractivity contribution >= 4 is 0 Å². The first kappa shape index (κ1) is 28.1. The van der Waals surface area contributed by atoms with E-state index in [1.54, 1.807) is 18.2 Å². The van der Waals surface area contributed by atoms with Gasteiger partial charge >= 0.3 is 0 Å². The molecule has 0 radical (unpaired) electrons. The molecular formula is C22H36. The molecule has 124 valence electrons. The lowest BCUT2D eigenvalue weighted by molar-refractivity contribution is 1.16. The molecule has 0 aromatic carbocycles. The Labute approximate surface area is 140 Å². The molecule has 0 unspecified atom stereocenters. The van der Waals surface area contributed by atoms with Crippen LogP contribution in [-0.4, -0.2) is 0 Å². The van der Waals surface area contributed by atoms with Gasteiger partial charge in [-0.05, 0) is 34.1 Å². The van der Waals surface area contributed by atoms with Crippen molar-refractivity contribution in [1.29, 1.82) is 0 Å². The van der Waals surface area contributed by atoms with Gasteiger partial charge in [0, 0.05) is 0 Å². The van der Waals surface area contributed by atoms with E-state index in [1.165, 1.54) is 0 Å². The van der Waals surface area contributed by atoms with Gasteiger partial charge < -0.3 is 0 Å². The average Bonchev–Trinajstić information content (AvgIpc) is 2.48. The van der Waals surface area contributed by atoms with E-state index in [-0.39, 0.29) is 0 Å². The number of allylic oxidation sites excluding steroid dienone is 9. The van der Waals surface area contributed by atoms with E-state index in [1.807, 2.05) is 39.8 Å². The summed E-state index contributed by atoms with van der Waals surface area (Å²) in [6.45, 7) is 34.8. The molecule has 0 bridgehead atoms. The van der Waals surface area contributed by atoms with Crippen molar-refractivity contribution in [2.45, 2.75) is 41.0 Å². The molecule has 0 amide bonds. The third-order valence-electron chi connectivity index (χ3n) is 2.15. The lowest BCUT2D eigenvalue weighted by atomic mass is 10.2. The van der Waals surface area contributed by atoms with Crippen LogP contribution < -0.4 is 0 Å². The maximum Gasteiger partial charge on any atom is -0.0314 e. The topological polar surface area (TPSA) is 0 Å². The van der Waals surface area contributed by atoms with Gasteiger partial charge in [0.25, 0.3) is 0 Å². The van der Waals surface area contributed by atoms with Crippen LogP contribution in [0.4, 0.5) is 0 Å². The zero-order chi connectivity index (χ0) is 18.6. The molecule has 0 spiro atoms. The fraction of sp³-hybridized carbons (Fsp3) is 0.273. The summed E-state index contributed by atoms with van der Waals surface area (Å²) in [7, 11) is 0. The Morgan fingerprint density at radius 2 is 1.18 bits per heavy atom. The number of hydrogen-bond acceptors (Lipinski definition) is 0. The zero-order valence-electron chi connectivity index (χ0n) is 15.5. The Morgan fingerprint density at radius 1 is 0.818 bits per heavy atom. The van der Waals surface area contributed by atoms with Gasteiger partial charge in [-0.2, -0.15) is 0 Å². The van der Waals surface area contributed by atoms with Crippen molar-refractivity contribution < 1.29 is 0 Å². The van der Waals surface area contributed by atoms with Crippen molar-refractivity contribution in [2.75, 3.05) is 0 Å². The molecule has 0 heterocycles. The highest BCUT2D eigenvalue weighted by atomic mass is 13.8. The summed E-state index contributed by atoms with van der Waals surface area (Å²) in [5, 5.41) is 0. The third-order valence-corrected chi connectivity index (χ3v) is 2.15. The molecule has 0 rings (SSSR count). The van der Waals surface area contributed by atoms with Crippen LogP contribution in [0.2, 0.25) is 0 Å². The van der Waals surface area contributed by atoms with E-state index in [2.05, 4.69) is 53.0 Å². The van der Waals surface area contributed by atoms with Gasteiger partial charge in [-0.25, -0.2) is 0 Å². The van der Waals surface area contributed by atoms with Crippen LogP contribution in [0.25, 0.3) is 0 Å². The van der Waals surface area contributed by atoms with E-state index in [9.17, 15) is 0 Å². The SMILES string of the molecule is C=C(C)C(=C)C.C=CC(=C)C.C=CC(=C)CC.C=CC=CC. The summed E-state index contributed by atoms with van der Waals surface area (Å²) in [5.41, 5.74) is 4.25. The van der Waals surface area contributed by atoms with Gasteiger partial charge in [-0.1, -0.05) is 106 Å². The van der Waals surface area contributed by atoms with Crippen LogP contribution in [0.1, 0.15) is 41.0 Å². The Hall–Kier alpha value is -2.08. The predicted molar refractivity (Wildman–Crippen MR) is 109 cm³/mol. The van der Waals surface area contributed by atoms with Gasteiger partial charge in [0.15, 0.2) is 0 Å². The summed E-state index contributed by atoms with van der Waals surface area (Å²) in [6.07, 6.45) is 10.1. The zero-order valence-corrected chi connectivity index (χ0v) is 15.5. The minimum absolute atomic E-state index is 1.02. The molecule has 0 nitrogen and oxygen atoms in total. The lowest BCUT2D eigenvalue weighted by Crippen LogP contribution is -1.67. The third kappa shape index (κ3) is 52.1. The average molecular weight is 301 g/mol. The second-order valence-electron chi connectivity index (χ2n) is 4.59.